The third-order valence-corrected chi connectivity index (χ3v) is 5.21. The number of hydrogen-bond acceptors (Lipinski definition) is 0. The van der Waals surface area contributed by atoms with Crippen LogP contribution in [-0.4, -0.2) is 0 Å². The Labute approximate surface area is 116 Å². The quantitative estimate of drug-likeness (QED) is 0.436. The highest BCUT2D eigenvalue weighted by Gasteiger charge is 2.30. The Balaban J connectivity index is 2.42. The lowest BCUT2D eigenvalue weighted by Crippen LogP contribution is -2.28. The molecule has 1 aliphatic rings. The maximum Gasteiger partial charge on any atom is -0.0358 e. The maximum atomic E-state index is 2.52. The first-order valence-electron chi connectivity index (χ1n) is 8.69. The standard InChI is InChI=1S/C18H36/c1-5-7-8-9-11-17(10-6-2)18-14-15(3)12-13-16(18)4/h15-18H,5-14H2,1-4H3. The monoisotopic (exact) mass is 252 g/mol. The van der Waals surface area contributed by atoms with E-state index >= 15 is 0 Å². The lowest BCUT2D eigenvalue weighted by molar-refractivity contribution is 0.123. The van der Waals surface area contributed by atoms with E-state index in [2.05, 4.69) is 27.7 Å². The Morgan fingerprint density at radius 1 is 0.889 bits per heavy atom. The molecule has 0 heteroatoms. The van der Waals surface area contributed by atoms with Crippen molar-refractivity contribution in [1.82, 2.24) is 0 Å². The summed E-state index contributed by atoms with van der Waals surface area (Å²) < 4.78 is 0. The molecular formula is C18H36. The molecule has 4 unspecified atom stereocenters. The van der Waals surface area contributed by atoms with Crippen LogP contribution >= 0.6 is 0 Å². The molecular weight excluding hydrogens is 216 g/mol. The molecule has 0 spiro atoms. The second-order valence-corrected chi connectivity index (χ2v) is 6.96. The summed E-state index contributed by atoms with van der Waals surface area (Å²) in [5.74, 6) is 4.05. The van der Waals surface area contributed by atoms with Gasteiger partial charge in [0.25, 0.3) is 0 Å². The lowest BCUT2D eigenvalue weighted by atomic mass is 9.67. The van der Waals surface area contributed by atoms with E-state index in [0.717, 1.165) is 23.7 Å². The number of rotatable bonds is 8. The summed E-state index contributed by atoms with van der Waals surface area (Å²) in [6.45, 7) is 9.68. The zero-order valence-corrected chi connectivity index (χ0v) is 13.4. The number of hydrogen-bond donors (Lipinski definition) is 0. The summed E-state index contributed by atoms with van der Waals surface area (Å²) in [5, 5.41) is 0. The summed E-state index contributed by atoms with van der Waals surface area (Å²) in [5.41, 5.74) is 0. The van der Waals surface area contributed by atoms with Crippen molar-refractivity contribution in [1.29, 1.82) is 0 Å². The van der Waals surface area contributed by atoms with Gasteiger partial charge in [0, 0.05) is 0 Å². The SMILES string of the molecule is CCCCCCC(CCC)C1CC(C)CCC1C. The summed E-state index contributed by atoms with van der Waals surface area (Å²) in [4.78, 5) is 0. The van der Waals surface area contributed by atoms with Crippen LogP contribution in [0.4, 0.5) is 0 Å². The van der Waals surface area contributed by atoms with Crippen molar-refractivity contribution < 1.29 is 0 Å². The second-order valence-electron chi connectivity index (χ2n) is 6.96. The van der Waals surface area contributed by atoms with Crippen LogP contribution in [0.25, 0.3) is 0 Å². The molecule has 0 radical (unpaired) electrons. The summed E-state index contributed by atoms with van der Waals surface area (Å²) >= 11 is 0. The molecule has 1 rings (SSSR count). The Kier molecular flexibility index (Phi) is 8.02. The van der Waals surface area contributed by atoms with Gasteiger partial charge in [0.05, 0.1) is 0 Å². The first-order chi connectivity index (χ1) is 8.69. The molecule has 0 heterocycles. The van der Waals surface area contributed by atoms with Gasteiger partial charge < -0.3 is 0 Å². The normalized spacial score (nSPS) is 30.3. The third-order valence-electron chi connectivity index (χ3n) is 5.21. The highest BCUT2D eigenvalue weighted by molar-refractivity contribution is 4.81. The Hall–Kier alpha value is 0. The van der Waals surface area contributed by atoms with Crippen molar-refractivity contribution in [3.05, 3.63) is 0 Å². The van der Waals surface area contributed by atoms with Crippen LogP contribution < -0.4 is 0 Å². The molecule has 0 nitrogen and oxygen atoms in total. The Morgan fingerprint density at radius 3 is 2.33 bits per heavy atom. The Morgan fingerprint density at radius 2 is 1.67 bits per heavy atom. The van der Waals surface area contributed by atoms with E-state index in [1.807, 2.05) is 0 Å². The molecule has 0 amide bonds. The number of unbranched alkanes of at least 4 members (excludes halogenated alkanes) is 3. The minimum Gasteiger partial charge on any atom is -0.0654 e. The lowest BCUT2D eigenvalue weighted by Gasteiger charge is -2.38. The zero-order chi connectivity index (χ0) is 13.4. The Bertz CT molecular complexity index is 196. The van der Waals surface area contributed by atoms with Gasteiger partial charge in [-0.2, -0.15) is 0 Å². The van der Waals surface area contributed by atoms with Gasteiger partial charge >= 0.3 is 0 Å². The van der Waals surface area contributed by atoms with Crippen LogP contribution in [0.1, 0.15) is 91.9 Å². The molecule has 0 aromatic rings. The summed E-state index contributed by atoms with van der Waals surface area (Å²) in [7, 11) is 0. The van der Waals surface area contributed by atoms with Gasteiger partial charge in [-0.15, -0.1) is 0 Å². The predicted molar refractivity (Wildman–Crippen MR) is 82.8 cm³/mol. The fourth-order valence-electron chi connectivity index (χ4n) is 4.01. The fourth-order valence-corrected chi connectivity index (χ4v) is 4.01. The smallest absolute Gasteiger partial charge is 0.0358 e. The largest absolute Gasteiger partial charge is 0.0654 e. The minimum atomic E-state index is 0.987. The fraction of sp³-hybridized carbons (Fsp3) is 1.00. The van der Waals surface area contributed by atoms with Crippen molar-refractivity contribution in [3.8, 4) is 0 Å². The van der Waals surface area contributed by atoms with E-state index in [0.29, 0.717) is 0 Å². The molecule has 1 aliphatic carbocycles. The van der Waals surface area contributed by atoms with Crippen LogP contribution in [0.5, 0.6) is 0 Å². The van der Waals surface area contributed by atoms with Crippen molar-refractivity contribution in [2.45, 2.75) is 91.9 Å². The van der Waals surface area contributed by atoms with Crippen LogP contribution in [0.15, 0.2) is 0 Å². The van der Waals surface area contributed by atoms with Crippen molar-refractivity contribution in [2.75, 3.05) is 0 Å². The minimum absolute atomic E-state index is 0.987. The van der Waals surface area contributed by atoms with Crippen LogP contribution in [0.3, 0.4) is 0 Å². The molecule has 0 saturated heterocycles. The summed E-state index contributed by atoms with van der Waals surface area (Å²) in [6, 6.07) is 0. The van der Waals surface area contributed by atoms with Crippen LogP contribution in [0.2, 0.25) is 0 Å². The molecule has 0 aromatic carbocycles. The van der Waals surface area contributed by atoms with Crippen LogP contribution in [-0.2, 0) is 0 Å². The van der Waals surface area contributed by atoms with Crippen LogP contribution in [0, 0.1) is 23.7 Å². The molecule has 18 heavy (non-hydrogen) atoms. The summed E-state index contributed by atoms with van der Waals surface area (Å²) in [6.07, 6.45) is 14.6. The average molecular weight is 252 g/mol. The van der Waals surface area contributed by atoms with Crippen molar-refractivity contribution in [2.24, 2.45) is 23.7 Å². The molecule has 108 valence electrons. The first-order valence-corrected chi connectivity index (χ1v) is 8.69. The molecule has 0 N–H and O–H groups in total. The molecule has 1 fully saturated rings. The zero-order valence-electron chi connectivity index (χ0n) is 13.4. The van der Waals surface area contributed by atoms with Crippen molar-refractivity contribution in [3.63, 3.8) is 0 Å². The van der Waals surface area contributed by atoms with Gasteiger partial charge in [0.2, 0.25) is 0 Å². The topological polar surface area (TPSA) is 0 Å². The van der Waals surface area contributed by atoms with Gasteiger partial charge in [-0.3, -0.25) is 0 Å². The van der Waals surface area contributed by atoms with Gasteiger partial charge in [-0.05, 0) is 30.1 Å². The molecule has 4 atom stereocenters. The van der Waals surface area contributed by atoms with Gasteiger partial charge in [-0.1, -0.05) is 85.5 Å². The highest BCUT2D eigenvalue weighted by Crippen LogP contribution is 2.41. The first kappa shape index (κ1) is 16.1. The predicted octanol–water partition coefficient (Wildman–Crippen LogP) is 6.45. The van der Waals surface area contributed by atoms with Gasteiger partial charge in [0.1, 0.15) is 0 Å². The molecule has 0 aliphatic heterocycles. The molecule has 0 aromatic heterocycles. The molecule has 0 bridgehead atoms. The van der Waals surface area contributed by atoms with E-state index in [-0.39, 0.29) is 0 Å². The van der Waals surface area contributed by atoms with E-state index in [1.165, 1.54) is 64.2 Å². The van der Waals surface area contributed by atoms with E-state index in [4.69, 9.17) is 0 Å². The van der Waals surface area contributed by atoms with Crippen molar-refractivity contribution >= 4 is 0 Å². The van der Waals surface area contributed by atoms with Gasteiger partial charge in [0.15, 0.2) is 0 Å². The maximum absolute atomic E-state index is 2.52. The third kappa shape index (κ3) is 5.33. The highest BCUT2D eigenvalue weighted by atomic mass is 14.4. The molecule has 1 saturated carbocycles. The van der Waals surface area contributed by atoms with E-state index in [9.17, 15) is 0 Å². The van der Waals surface area contributed by atoms with Gasteiger partial charge in [-0.25, -0.2) is 0 Å². The average Bonchev–Trinajstić information content (AvgIpc) is 2.36. The van der Waals surface area contributed by atoms with E-state index < -0.39 is 0 Å². The van der Waals surface area contributed by atoms with E-state index in [1.54, 1.807) is 0 Å². The second kappa shape index (κ2) is 8.99.